The van der Waals surface area contributed by atoms with E-state index in [4.69, 9.17) is 0 Å². The Kier molecular flexibility index (Phi) is 4.28. The maximum atomic E-state index is 12.0. The number of rotatable bonds is 5. The number of hydrogen-bond donors (Lipinski definition) is 0. The molecule has 1 aliphatic heterocycles. The molecular weight excluding hydrogens is 204 g/mol. The monoisotopic (exact) mass is 222 g/mol. The summed E-state index contributed by atoms with van der Waals surface area (Å²) in [5, 5.41) is 0. The van der Waals surface area contributed by atoms with Crippen molar-refractivity contribution in [1.29, 1.82) is 0 Å². The lowest BCUT2D eigenvalue weighted by Crippen LogP contribution is -2.55. The highest BCUT2D eigenvalue weighted by Gasteiger charge is 2.35. The zero-order chi connectivity index (χ0) is 12.1. The molecule has 88 valence electrons. The largest absolute Gasteiger partial charge is 0.341 e. The van der Waals surface area contributed by atoms with E-state index < -0.39 is 0 Å². The first-order valence-electron chi connectivity index (χ1n) is 5.36. The molecule has 0 radical (unpaired) electrons. The molecule has 1 fully saturated rings. The number of nitrogens with zero attached hydrogens (tertiary/aromatic N) is 2. The van der Waals surface area contributed by atoms with E-state index in [0.717, 1.165) is 0 Å². The summed E-state index contributed by atoms with van der Waals surface area (Å²) in [5.41, 5.74) is 0. The van der Waals surface area contributed by atoms with E-state index in [2.05, 4.69) is 13.2 Å². The van der Waals surface area contributed by atoms with Crippen LogP contribution in [-0.2, 0) is 9.59 Å². The minimum Gasteiger partial charge on any atom is -0.341 e. The average Bonchev–Trinajstić information content (AvgIpc) is 2.14. The summed E-state index contributed by atoms with van der Waals surface area (Å²) < 4.78 is 0. The Morgan fingerprint density at radius 3 is 2.19 bits per heavy atom. The molecule has 1 rings (SSSR count). The number of hydrogen-bond acceptors (Lipinski definition) is 2. The fraction of sp³-hybridized carbons (Fsp3) is 0.500. The number of carbonyl (C=O) groups is 2. The highest BCUT2D eigenvalue weighted by molar-refractivity contribution is 5.83. The Labute approximate surface area is 96.2 Å². The SMILES string of the molecule is C=CCN(CC=C)C(=O)C1CN(C(C)=O)C1. The van der Waals surface area contributed by atoms with Crippen molar-refractivity contribution < 1.29 is 9.59 Å². The van der Waals surface area contributed by atoms with Crippen LogP contribution in [0.4, 0.5) is 0 Å². The normalized spacial score (nSPS) is 15.2. The third kappa shape index (κ3) is 2.72. The Balaban J connectivity index is 2.47. The molecule has 0 aromatic heterocycles. The van der Waals surface area contributed by atoms with Crippen molar-refractivity contribution in [1.82, 2.24) is 9.80 Å². The number of likely N-dealkylation sites (tertiary alicyclic amines) is 1. The lowest BCUT2D eigenvalue weighted by atomic mass is 9.98. The molecule has 4 heteroatoms. The van der Waals surface area contributed by atoms with Gasteiger partial charge in [0.25, 0.3) is 0 Å². The van der Waals surface area contributed by atoms with Gasteiger partial charge in [-0.25, -0.2) is 0 Å². The molecule has 1 saturated heterocycles. The first-order chi connectivity index (χ1) is 7.60. The van der Waals surface area contributed by atoms with Gasteiger partial charge in [0, 0.05) is 33.1 Å². The molecule has 0 aromatic rings. The third-order valence-corrected chi connectivity index (χ3v) is 2.69. The molecule has 0 N–H and O–H groups in total. The average molecular weight is 222 g/mol. The van der Waals surface area contributed by atoms with Crippen molar-refractivity contribution in [2.45, 2.75) is 6.92 Å². The Morgan fingerprint density at radius 1 is 1.31 bits per heavy atom. The predicted octanol–water partition coefficient (Wildman–Crippen LogP) is 0.665. The van der Waals surface area contributed by atoms with E-state index in [1.54, 1.807) is 22.0 Å². The number of amides is 2. The summed E-state index contributed by atoms with van der Waals surface area (Å²) in [6.07, 6.45) is 3.39. The van der Waals surface area contributed by atoms with Crippen LogP contribution in [0.2, 0.25) is 0 Å². The van der Waals surface area contributed by atoms with Gasteiger partial charge in [-0.3, -0.25) is 9.59 Å². The van der Waals surface area contributed by atoms with Gasteiger partial charge < -0.3 is 9.80 Å². The fourth-order valence-corrected chi connectivity index (χ4v) is 1.72. The third-order valence-electron chi connectivity index (χ3n) is 2.69. The number of carbonyl (C=O) groups excluding carboxylic acids is 2. The zero-order valence-electron chi connectivity index (χ0n) is 9.69. The van der Waals surface area contributed by atoms with Crippen LogP contribution < -0.4 is 0 Å². The molecule has 0 aliphatic carbocycles. The van der Waals surface area contributed by atoms with Crippen LogP contribution in [0.15, 0.2) is 25.3 Å². The first kappa shape index (κ1) is 12.5. The fourth-order valence-electron chi connectivity index (χ4n) is 1.72. The van der Waals surface area contributed by atoms with Crippen LogP contribution in [0.5, 0.6) is 0 Å². The second-order valence-electron chi connectivity index (χ2n) is 3.94. The van der Waals surface area contributed by atoms with Crippen LogP contribution in [-0.4, -0.2) is 47.8 Å². The smallest absolute Gasteiger partial charge is 0.229 e. The highest BCUT2D eigenvalue weighted by Crippen LogP contribution is 2.18. The van der Waals surface area contributed by atoms with Crippen molar-refractivity contribution in [3.8, 4) is 0 Å². The van der Waals surface area contributed by atoms with E-state index in [9.17, 15) is 9.59 Å². The zero-order valence-corrected chi connectivity index (χ0v) is 9.69. The molecule has 0 bridgehead atoms. The quantitative estimate of drug-likeness (QED) is 0.641. The Bertz CT molecular complexity index is 296. The molecule has 0 unspecified atom stereocenters. The van der Waals surface area contributed by atoms with Crippen molar-refractivity contribution in [2.75, 3.05) is 26.2 Å². The summed E-state index contributed by atoms with van der Waals surface area (Å²) in [6.45, 7) is 10.9. The van der Waals surface area contributed by atoms with Crippen molar-refractivity contribution in [3.63, 3.8) is 0 Å². The van der Waals surface area contributed by atoms with Gasteiger partial charge in [0.2, 0.25) is 11.8 Å². The highest BCUT2D eigenvalue weighted by atomic mass is 16.2. The van der Waals surface area contributed by atoms with Crippen LogP contribution >= 0.6 is 0 Å². The molecule has 0 saturated carbocycles. The summed E-state index contributed by atoms with van der Waals surface area (Å²) in [5.74, 6) is 0.0594. The lowest BCUT2D eigenvalue weighted by molar-refractivity contribution is -0.146. The van der Waals surface area contributed by atoms with E-state index in [-0.39, 0.29) is 17.7 Å². The van der Waals surface area contributed by atoms with Crippen LogP contribution in [0, 0.1) is 5.92 Å². The predicted molar refractivity (Wildman–Crippen MR) is 62.7 cm³/mol. The lowest BCUT2D eigenvalue weighted by Gasteiger charge is -2.39. The van der Waals surface area contributed by atoms with Gasteiger partial charge in [0.05, 0.1) is 5.92 Å². The maximum absolute atomic E-state index is 12.0. The standard InChI is InChI=1S/C12H18N2O2/c1-4-6-13(7-5-2)12(16)11-8-14(9-11)10(3)15/h4-5,11H,1-2,6-9H2,3H3. The van der Waals surface area contributed by atoms with Gasteiger partial charge in [-0.1, -0.05) is 12.2 Å². The summed E-state index contributed by atoms with van der Waals surface area (Å²) in [4.78, 5) is 26.3. The second-order valence-corrected chi connectivity index (χ2v) is 3.94. The van der Waals surface area contributed by atoms with Gasteiger partial charge in [0.15, 0.2) is 0 Å². The molecule has 0 atom stereocenters. The van der Waals surface area contributed by atoms with Crippen molar-refractivity contribution in [3.05, 3.63) is 25.3 Å². The van der Waals surface area contributed by atoms with Crippen molar-refractivity contribution >= 4 is 11.8 Å². The van der Waals surface area contributed by atoms with Gasteiger partial charge in [-0.15, -0.1) is 13.2 Å². The molecule has 4 nitrogen and oxygen atoms in total. The van der Waals surface area contributed by atoms with E-state index in [1.165, 1.54) is 6.92 Å². The minimum absolute atomic E-state index is 0.0306. The van der Waals surface area contributed by atoms with Crippen molar-refractivity contribution in [2.24, 2.45) is 5.92 Å². The van der Waals surface area contributed by atoms with Crippen LogP contribution in [0.25, 0.3) is 0 Å². The van der Waals surface area contributed by atoms with Gasteiger partial charge in [-0.05, 0) is 0 Å². The second kappa shape index (κ2) is 5.49. The summed E-state index contributed by atoms with van der Waals surface area (Å²) in [6, 6.07) is 0. The molecule has 0 spiro atoms. The van der Waals surface area contributed by atoms with Crippen LogP contribution in [0.1, 0.15) is 6.92 Å². The molecular formula is C12H18N2O2. The molecule has 1 heterocycles. The summed E-state index contributed by atoms with van der Waals surface area (Å²) >= 11 is 0. The minimum atomic E-state index is -0.0520. The molecule has 1 aliphatic rings. The van der Waals surface area contributed by atoms with E-state index in [0.29, 0.717) is 26.2 Å². The van der Waals surface area contributed by atoms with Gasteiger partial charge in [0.1, 0.15) is 0 Å². The van der Waals surface area contributed by atoms with E-state index in [1.807, 2.05) is 0 Å². The maximum Gasteiger partial charge on any atom is 0.229 e. The molecule has 0 aromatic carbocycles. The molecule has 2 amide bonds. The topological polar surface area (TPSA) is 40.6 Å². The van der Waals surface area contributed by atoms with Gasteiger partial charge >= 0.3 is 0 Å². The first-order valence-corrected chi connectivity index (χ1v) is 5.36. The molecule has 16 heavy (non-hydrogen) atoms. The Morgan fingerprint density at radius 2 is 1.81 bits per heavy atom. The van der Waals surface area contributed by atoms with E-state index >= 15 is 0 Å². The van der Waals surface area contributed by atoms with Gasteiger partial charge in [-0.2, -0.15) is 0 Å². The Hall–Kier alpha value is -1.58. The summed E-state index contributed by atoms with van der Waals surface area (Å²) in [7, 11) is 0. The van der Waals surface area contributed by atoms with Crippen LogP contribution in [0.3, 0.4) is 0 Å².